The Morgan fingerprint density at radius 2 is 0.672 bits per heavy atom. The van der Waals surface area contributed by atoms with E-state index in [0.717, 1.165) is 0 Å². The Balaban J connectivity index is 1.94. The number of rotatable bonds is 26. The lowest BCUT2D eigenvalue weighted by Crippen LogP contribution is -2.60. The van der Waals surface area contributed by atoms with Crippen LogP contribution >= 0.6 is 0 Å². The van der Waals surface area contributed by atoms with E-state index in [0.29, 0.717) is 16.7 Å². The molecule has 6 atom stereocenters. The zero-order chi connectivity index (χ0) is 44.9. The largest absolute Gasteiger partial charge is 0.481 e. The van der Waals surface area contributed by atoms with Gasteiger partial charge in [-0.1, -0.05) is 91.0 Å². The van der Waals surface area contributed by atoms with Gasteiger partial charge in [0.15, 0.2) is 0 Å². The van der Waals surface area contributed by atoms with Crippen molar-refractivity contribution in [3.8, 4) is 0 Å². The fraction of sp³-hybridized carbons (Fsp3) is 0.357. The van der Waals surface area contributed by atoms with Crippen LogP contribution in [-0.4, -0.2) is 110 Å². The highest BCUT2D eigenvalue weighted by atomic mass is 16.4. The van der Waals surface area contributed by atoms with Crippen LogP contribution in [0.2, 0.25) is 0 Å². The van der Waals surface area contributed by atoms with Crippen molar-refractivity contribution in [2.45, 2.75) is 94.0 Å². The molecule has 0 aromatic heterocycles. The maximum atomic E-state index is 14.1. The van der Waals surface area contributed by atoms with Crippen molar-refractivity contribution >= 4 is 53.4 Å². The molecule has 19 nitrogen and oxygen atoms in total. The molecule has 11 N–H and O–H groups in total. The predicted octanol–water partition coefficient (Wildman–Crippen LogP) is 0.145. The molecule has 0 heterocycles. The third-order valence-electron chi connectivity index (χ3n) is 9.29. The van der Waals surface area contributed by atoms with E-state index in [9.17, 15) is 53.4 Å². The van der Waals surface area contributed by atoms with Gasteiger partial charge < -0.3 is 52.7 Å². The molecule has 0 saturated heterocycles. The average Bonchev–Trinajstić information content (AvgIpc) is 3.22. The first-order chi connectivity index (χ1) is 29.0. The van der Waals surface area contributed by atoms with Crippen LogP contribution in [0.3, 0.4) is 0 Å². The highest BCUT2D eigenvalue weighted by Gasteiger charge is 2.34. The summed E-state index contributed by atoms with van der Waals surface area (Å²) >= 11 is 0. The van der Waals surface area contributed by atoms with Crippen molar-refractivity contribution in [3.05, 3.63) is 108 Å². The summed E-state index contributed by atoms with van der Waals surface area (Å²) in [5.74, 6) is -9.96. The number of hydrogen-bond donors (Lipinski definition) is 10. The average molecular weight is 847 g/mol. The molecule has 3 aromatic rings. The number of aliphatic carboxylic acids is 4. The van der Waals surface area contributed by atoms with Crippen LogP contribution in [0, 0.1) is 0 Å². The summed E-state index contributed by atoms with van der Waals surface area (Å²) in [5.41, 5.74) is 7.58. The predicted molar refractivity (Wildman–Crippen MR) is 216 cm³/mol. The Bertz CT molecular complexity index is 1980. The molecular weight excluding hydrogens is 796 g/mol. The van der Waals surface area contributed by atoms with E-state index in [-0.39, 0.29) is 25.7 Å². The minimum absolute atomic E-state index is 0.111. The van der Waals surface area contributed by atoms with Crippen LogP contribution < -0.4 is 32.3 Å². The Kier molecular flexibility index (Phi) is 19.5. The third-order valence-corrected chi connectivity index (χ3v) is 9.29. The summed E-state index contributed by atoms with van der Waals surface area (Å²) in [7, 11) is 0. The molecule has 0 fully saturated rings. The van der Waals surface area contributed by atoms with Gasteiger partial charge in [0.2, 0.25) is 29.5 Å². The summed E-state index contributed by atoms with van der Waals surface area (Å²) < 4.78 is 0. The van der Waals surface area contributed by atoms with Crippen LogP contribution in [-0.2, 0) is 62.4 Å². The molecule has 0 aliphatic rings. The number of carbonyl (C=O) groups excluding carboxylic acids is 5. The van der Waals surface area contributed by atoms with Gasteiger partial charge in [0.1, 0.15) is 30.2 Å². The first-order valence-corrected chi connectivity index (χ1v) is 19.3. The SMILES string of the molecule is N[C@@H](CCC(=O)O)C(=O)N[C@@H](Cc1ccccc1)C(=O)N[C@@H](CCC(=O)O)C(=O)N[C@@H](Cc1ccccc1)C(=O)N[C@@H](Cc1ccccc1)C(=O)N[C@@H](CCC(=O)O)C(=O)O. The lowest BCUT2D eigenvalue weighted by atomic mass is 10.0. The third kappa shape index (κ3) is 17.7. The van der Waals surface area contributed by atoms with Gasteiger partial charge >= 0.3 is 23.9 Å². The van der Waals surface area contributed by atoms with Gasteiger partial charge in [-0.15, -0.1) is 0 Å². The second-order valence-corrected chi connectivity index (χ2v) is 14.1. The van der Waals surface area contributed by atoms with Crippen LogP contribution in [0.15, 0.2) is 91.0 Å². The molecule has 3 rings (SSSR count). The zero-order valence-electron chi connectivity index (χ0n) is 33.0. The topological polar surface area (TPSA) is 321 Å². The number of carboxylic acids is 4. The number of carbonyl (C=O) groups is 9. The van der Waals surface area contributed by atoms with Gasteiger partial charge in [-0.2, -0.15) is 0 Å². The molecule has 0 spiro atoms. The standard InChI is InChI=1S/C42H50N6O13/c43-28(16-19-34(49)50)37(55)46-31(22-25-10-4-1-5-11-25)39(57)44-29(17-20-35(51)52)38(56)47-33(24-27-14-8-3-9-15-27)41(59)48-32(23-26-12-6-2-7-13-26)40(58)45-30(42(60)61)18-21-36(53)54/h1-15,28-33H,16-24,43H2,(H,44,57)(H,45,58)(H,46,55)(H,47,56)(H,48,59)(H,49,50)(H,51,52)(H,53,54)(H,60,61)/t28-,29-,30-,31-,32-,33-/m0/s1. The normalized spacial score (nSPS) is 13.7. The van der Waals surface area contributed by atoms with E-state index in [1.54, 1.807) is 91.0 Å². The van der Waals surface area contributed by atoms with Crippen molar-refractivity contribution in [3.63, 3.8) is 0 Å². The van der Waals surface area contributed by atoms with E-state index in [4.69, 9.17) is 15.9 Å². The second kappa shape index (κ2) is 24.7. The number of carboxylic acid groups (broad SMARTS) is 4. The molecule has 0 bridgehead atoms. The van der Waals surface area contributed by atoms with E-state index in [1.807, 2.05) is 0 Å². The van der Waals surface area contributed by atoms with Gasteiger partial charge in [-0.25, -0.2) is 4.79 Å². The fourth-order valence-corrected chi connectivity index (χ4v) is 6.02. The van der Waals surface area contributed by atoms with Crippen LogP contribution in [0.25, 0.3) is 0 Å². The lowest BCUT2D eigenvalue weighted by molar-refractivity contribution is -0.143. The smallest absolute Gasteiger partial charge is 0.326 e. The van der Waals surface area contributed by atoms with E-state index >= 15 is 0 Å². The van der Waals surface area contributed by atoms with Crippen molar-refractivity contribution in [2.75, 3.05) is 0 Å². The van der Waals surface area contributed by atoms with E-state index in [2.05, 4.69) is 26.6 Å². The number of benzene rings is 3. The maximum Gasteiger partial charge on any atom is 0.326 e. The molecule has 19 heteroatoms. The lowest BCUT2D eigenvalue weighted by Gasteiger charge is -2.27. The summed E-state index contributed by atoms with van der Waals surface area (Å²) in [6.07, 6.45) is -3.21. The molecular formula is C42H50N6O13. The minimum atomic E-state index is -1.62. The van der Waals surface area contributed by atoms with Crippen molar-refractivity contribution in [1.82, 2.24) is 26.6 Å². The molecule has 0 unspecified atom stereocenters. The Morgan fingerprint density at radius 1 is 0.393 bits per heavy atom. The highest BCUT2D eigenvalue weighted by Crippen LogP contribution is 2.11. The van der Waals surface area contributed by atoms with Gasteiger partial charge in [0.05, 0.1) is 6.04 Å². The van der Waals surface area contributed by atoms with Gasteiger partial charge in [0.25, 0.3) is 0 Å². The number of hydrogen-bond acceptors (Lipinski definition) is 10. The molecule has 0 saturated carbocycles. The van der Waals surface area contributed by atoms with Gasteiger partial charge in [-0.3, -0.25) is 38.4 Å². The summed E-state index contributed by atoms with van der Waals surface area (Å²) in [4.78, 5) is 115. The van der Waals surface area contributed by atoms with E-state index in [1.165, 1.54) is 0 Å². The summed E-state index contributed by atoms with van der Waals surface area (Å²) in [6.45, 7) is 0. The van der Waals surface area contributed by atoms with Crippen LogP contribution in [0.5, 0.6) is 0 Å². The molecule has 326 valence electrons. The molecule has 0 aliphatic carbocycles. The number of nitrogens with one attached hydrogen (secondary N) is 5. The first-order valence-electron chi connectivity index (χ1n) is 19.3. The van der Waals surface area contributed by atoms with Gasteiger partial charge in [-0.05, 0) is 36.0 Å². The van der Waals surface area contributed by atoms with Crippen molar-refractivity contribution < 1.29 is 63.6 Å². The monoisotopic (exact) mass is 846 g/mol. The number of amides is 5. The molecule has 61 heavy (non-hydrogen) atoms. The van der Waals surface area contributed by atoms with Gasteiger partial charge in [0, 0.05) is 38.5 Å². The molecule has 0 aliphatic heterocycles. The Morgan fingerprint density at radius 3 is 1.02 bits per heavy atom. The second-order valence-electron chi connectivity index (χ2n) is 14.1. The van der Waals surface area contributed by atoms with E-state index < -0.39 is 122 Å². The van der Waals surface area contributed by atoms with Crippen molar-refractivity contribution in [2.24, 2.45) is 5.73 Å². The molecule has 5 amide bonds. The quantitative estimate of drug-likeness (QED) is 0.0514. The van der Waals surface area contributed by atoms with Crippen LogP contribution in [0.4, 0.5) is 0 Å². The highest BCUT2D eigenvalue weighted by molar-refractivity contribution is 5.97. The zero-order valence-corrected chi connectivity index (χ0v) is 33.0. The number of nitrogens with two attached hydrogens (primary N) is 1. The maximum absolute atomic E-state index is 14.1. The first kappa shape index (κ1) is 48.2. The summed E-state index contributed by atoms with van der Waals surface area (Å²) in [6, 6.07) is 16.3. The fourth-order valence-electron chi connectivity index (χ4n) is 6.02. The van der Waals surface area contributed by atoms with Crippen LogP contribution in [0.1, 0.15) is 55.2 Å². The van der Waals surface area contributed by atoms with Crippen molar-refractivity contribution in [1.29, 1.82) is 0 Å². The summed E-state index contributed by atoms with van der Waals surface area (Å²) in [5, 5.41) is 49.7. The Hall–Kier alpha value is -7.15. The Labute approximate surface area is 350 Å². The molecule has 0 radical (unpaired) electrons. The molecule has 3 aromatic carbocycles. The minimum Gasteiger partial charge on any atom is -0.481 e.